The van der Waals surface area contributed by atoms with Crippen LogP contribution in [-0.2, 0) is 20.9 Å². The molecule has 1 aromatic carbocycles. The Balaban J connectivity index is 2.24. The van der Waals surface area contributed by atoms with Crippen LogP contribution in [0.4, 0.5) is 4.79 Å². The van der Waals surface area contributed by atoms with Gasteiger partial charge in [-0.25, -0.2) is 4.79 Å². The Morgan fingerprint density at radius 1 is 1.14 bits per heavy atom. The zero-order valence-electron chi connectivity index (χ0n) is 13.5. The molecule has 0 heterocycles. The molecule has 0 aromatic heterocycles. The lowest BCUT2D eigenvalue weighted by atomic mass is 10.0. The van der Waals surface area contributed by atoms with Crippen molar-refractivity contribution in [2.45, 2.75) is 46.3 Å². The zero-order valence-corrected chi connectivity index (χ0v) is 13.5. The summed E-state index contributed by atoms with van der Waals surface area (Å²) in [4.78, 5) is 23.4. The van der Waals surface area contributed by atoms with Gasteiger partial charge in [0.15, 0.2) is 0 Å². The van der Waals surface area contributed by atoms with Crippen LogP contribution in [0.15, 0.2) is 30.3 Å². The van der Waals surface area contributed by atoms with Crippen LogP contribution in [0.5, 0.6) is 0 Å². The van der Waals surface area contributed by atoms with Gasteiger partial charge in [-0.15, -0.1) is 0 Å². The van der Waals surface area contributed by atoms with Crippen molar-refractivity contribution in [3.63, 3.8) is 0 Å². The van der Waals surface area contributed by atoms with E-state index in [1.807, 2.05) is 44.2 Å². The van der Waals surface area contributed by atoms with Gasteiger partial charge < -0.3 is 14.8 Å². The minimum atomic E-state index is -0.519. The van der Waals surface area contributed by atoms with Crippen LogP contribution in [0.1, 0.15) is 39.2 Å². The monoisotopic (exact) mass is 307 g/mol. The van der Waals surface area contributed by atoms with E-state index in [9.17, 15) is 9.59 Å². The minimum absolute atomic E-state index is 0.0764. The van der Waals surface area contributed by atoms with Gasteiger partial charge in [-0.1, -0.05) is 44.2 Å². The van der Waals surface area contributed by atoms with Crippen molar-refractivity contribution in [2.75, 3.05) is 6.54 Å². The second-order valence-electron chi connectivity index (χ2n) is 5.20. The van der Waals surface area contributed by atoms with Crippen molar-refractivity contribution in [3.05, 3.63) is 35.9 Å². The number of hydrogen-bond donors (Lipinski definition) is 1. The molecule has 5 nitrogen and oxygen atoms in total. The van der Waals surface area contributed by atoms with Gasteiger partial charge in [0.05, 0.1) is 12.5 Å². The van der Waals surface area contributed by atoms with Gasteiger partial charge in [-0.2, -0.15) is 0 Å². The quantitative estimate of drug-likeness (QED) is 0.749. The number of rotatable bonds is 8. The molecule has 1 aromatic rings. The second-order valence-corrected chi connectivity index (χ2v) is 5.20. The molecule has 5 heteroatoms. The van der Waals surface area contributed by atoms with Crippen LogP contribution in [0, 0.1) is 5.92 Å². The summed E-state index contributed by atoms with van der Waals surface area (Å²) in [6.07, 6.45) is 0.620. The Labute approximate surface area is 132 Å². The average Bonchev–Trinajstić information content (AvgIpc) is 2.53. The summed E-state index contributed by atoms with van der Waals surface area (Å²) in [6.45, 7) is 6.12. The summed E-state index contributed by atoms with van der Waals surface area (Å²) in [5.74, 6) is -0.288. The summed E-state index contributed by atoms with van der Waals surface area (Å²) >= 11 is 0. The standard InChI is InChI=1S/C17H25NO4/c1-4-15(5-2)16(19)22-13(3)11-18-17(20)21-12-14-9-7-6-8-10-14/h6-10,13,15H,4-5,11-12H2,1-3H3,(H,18,20)/t13-/m1/s1. The van der Waals surface area contributed by atoms with Gasteiger partial charge >= 0.3 is 12.1 Å². The fraction of sp³-hybridized carbons (Fsp3) is 0.529. The molecule has 0 aliphatic heterocycles. The predicted octanol–water partition coefficient (Wildman–Crippen LogP) is 3.28. The molecule has 0 spiro atoms. The number of carbonyl (C=O) groups excluding carboxylic acids is 2. The molecule has 1 atom stereocenters. The summed E-state index contributed by atoms with van der Waals surface area (Å²) in [5, 5.41) is 2.59. The topological polar surface area (TPSA) is 64.6 Å². The van der Waals surface area contributed by atoms with Crippen molar-refractivity contribution >= 4 is 12.1 Å². The first-order valence-electron chi connectivity index (χ1n) is 7.71. The van der Waals surface area contributed by atoms with E-state index in [4.69, 9.17) is 9.47 Å². The van der Waals surface area contributed by atoms with Crippen LogP contribution in [-0.4, -0.2) is 24.7 Å². The normalized spacial score (nSPS) is 11.8. The number of alkyl carbamates (subject to hydrolysis) is 1. The zero-order chi connectivity index (χ0) is 16.4. The number of esters is 1. The first-order valence-corrected chi connectivity index (χ1v) is 7.71. The van der Waals surface area contributed by atoms with Crippen molar-refractivity contribution in [1.29, 1.82) is 0 Å². The predicted molar refractivity (Wildman–Crippen MR) is 84.3 cm³/mol. The van der Waals surface area contributed by atoms with Gasteiger partial charge in [0, 0.05) is 0 Å². The van der Waals surface area contributed by atoms with Gasteiger partial charge in [-0.3, -0.25) is 4.79 Å². The lowest BCUT2D eigenvalue weighted by Gasteiger charge is -2.17. The lowest BCUT2D eigenvalue weighted by molar-refractivity contribution is -0.153. The van der Waals surface area contributed by atoms with Crippen LogP contribution >= 0.6 is 0 Å². The van der Waals surface area contributed by atoms with Crippen molar-refractivity contribution in [2.24, 2.45) is 5.92 Å². The molecule has 1 amide bonds. The van der Waals surface area contributed by atoms with Crippen LogP contribution in [0.2, 0.25) is 0 Å². The van der Waals surface area contributed by atoms with Gasteiger partial charge in [0.25, 0.3) is 0 Å². The SMILES string of the molecule is CCC(CC)C(=O)O[C@H](C)CNC(=O)OCc1ccccc1. The third-order valence-electron chi connectivity index (χ3n) is 3.38. The Morgan fingerprint density at radius 3 is 2.36 bits per heavy atom. The molecule has 0 aliphatic rings. The highest BCUT2D eigenvalue weighted by molar-refractivity contribution is 5.72. The Kier molecular flexibility index (Phi) is 8.04. The molecule has 122 valence electrons. The summed E-state index contributed by atoms with van der Waals surface area (Å²) in [6, 6.07) is 9.44. The molecule has 0 radical (unpaired) electrons. The fourth-order valence-electron chi connectivity index (χ4n) is 1.96. The molecule has 0 fully saturated rings. The smallest absolute Gasteiger partial charge is 0.407 e. The summed E-state index contributed by atoms with van der Waals surface area (Å²) in [7, 11) is 0. The van der Waals surface area contributed by atoms with Crippen LogP contribution in [0.3, 0.4) is 0 Å². The first-order chi connectivity index (χ1) is 10.6. The van der Waals surface area contributed by atoms with E-state index in [-0.39, 0.29) is 31.1 Å². The van der Waals surface area contributed by atoms with E-state index < -0.39 is 6.09 Å². The molecular formula is C17H25NO4. The van der Waals surface area contributed by atoms with Crippen LogP contribution < -0.4 is 5.32 Å². The van der Waals surface area contributed by atoms with E-state index in [2.05, 4.69) is 5.32 Å². The maximum Gasteiger partial charge on any atom is 0.407 e. The molecule has 0 unspecified atom stereocenters. The third-order valence-corrected chi connectivity index (χ3v) is 3.38. The number of ether oxygens (including phenoxy) is 2. The van der Waals surface area contributed by atoms with E-state index in [0.29, 0.717) is 0 Å². The molecule has 22 heavy (non-hydrogen) atoms. The lowest BCUT2D eigenvalue weighted by Crippen LogP contribution is -2.34. The molecular weight excluding hydrogens is 282 g/mol. The van der Waals surface area contributed by atoms with E-state index in [1.165, 1.54) is 0 Å². The van der Waals surface area contributed by atoms with E-state index in [1.54, 1.807) is 6.92 Å². The number of benzene rings is 1. The highest BCUT2D eigenvalue weighted by Gasteiger charge is 2.18. The van der Waals surface area contributed by atoms with E-state index in [0.717, 1.165) is 18.4 Å². The number of hydrogen-bond acceptors (Lipinski definition) is 4. The molecule has 0 bridgehead atoms. The molecule has 1 N–H and O–H groups in total. The fourth-order valence-corrected chi connectivity index (χ4v) is 1.96. The average molecular weight is 307 g/mol. The number of nitrogens with one attached hydrogen (secondary N) is 1. The Hall–Kier alpha value is -2.04. The molecule has 0 saturated heterocycles. The van der Waals surface area contributed by atoms with Crippen molar-refractivity contribution in [3.8, 4) is 0 Å². The van der Waals surface area contributed by atoms with Gasteiger partial charge in [-0.05, 0) is 25.3 Å². The molecule has 0 aliphatic carbocycles. The first kappa shape index (κ1) is 18.0. The van der Waals surface area contributed by atoms with E-state index >= 15 is 0 Å². The van der Waals surface area contributed by atoms with Crippen LogP contribution in [0.25, 0.3) is 0 Å². The third kappa shape index (κ3) is 6.61. The van der Waals surface area contributed by atoms with Gasteiger partial charge in [0.2, 0.25) is 0 Å². The molecule has 0 saturated carbocycles. The highest BCUT2D eigenvalue weighted by atomic mass is 16.6. The van der Waals surface area contributed by atoms with Crippen molar-refractivity contribution in [1.82, 2.24) is 5.32 Å². The largest absolute Gasteiger partial charge is 0.461 e. The maximum atomic E-state index is 11.8. The van der Waals surface area contributed by atoms with Crippen molar-refractivity contribution < 1.29 is 19.1 Å². The summed E-state index contributed by atoms with van der Waals surface area (Å²) in [5.41, 5.74) is 0.922. The molecule has 1 rings (SSSR count). The number of amides is 1. The highest BCUT2D eigenvalue weighted by Crippen LogP contribution is 2.10. The second kappa shape index (κ2) is 9.82. The minimum Gasteiger partial charge on any atom is -0.461 e. The Morgan fingerprint density at radius 2 is 1.77 bits per heavy atom. The maximum absolute atomic E-state index is 11.8. The van der Waals surface area contributed by atoms with Gasteiger partial charge in [0.1, 0.15) is 12.7 Å². The Bertz CT molecular complexity index is 457. The number of carbonyl (C=O) groups is 2. The summed E-state index contributed by atoms with van der Waals surface area (Å²) < 4.78 is 10.4.